The van der Waals surface area contributed by atoms with Gasteiger partial charge in [0.1, 0.15) is 0 Å². The third-order valence-corrected chi connectivity index (χ3v) is 1.35. The topological polar surface area (TPSA) is 51.0 Å². The van der Waals surface area contributed by atoms with Crippen LogP contribution in [0.1, 0.15) is 24.7 Å². The lowest BCUT2D eigenvalue weighted by molar-refractivity contribution is 0.416. The Balaban J connectivity index is 2.74. The van der Waals surface area contributed by atoms with E-state index in [1.807, 2.05) is 14.0 Å². The molecule has 4 nitrogen and oxygen atoms in total. The highest BCUT2D eigenvalue weighted by Gasteiger charge is 2.08. The van der Waals surface area contributed by atoms with E-state index in [2.05, 4.69) is 15.5 Å². The molecule has 0 saturated carbocycles. The molecule has 0 spiro atoms. The van der Waals surface area contributed by atoms with Crippen LogP contribution in [0.25, 0.3) is 0 Å². The van der Waals surface area contributed by atoms with E-state index in [0.29, 0.717) is 11.8 Å². The van der Waals surface area contributed by atoms with Crippen molar-refractivity contribution in [1.82, 2.24) is 15.5 Å². The number of hydrogen-bond donors (Lipinski definition) is 1. The Labute approximate surface area is 59.6 Å². The molecule has 0 fully saturated rings. The lowest BCUT2D eigenvalue weighted by atomic mass is 10.3. The largest absolute Gasteiger partial charge is 0.424 e. The summed E-state index contributed by atoms with van der Waals surface area (Å²) in [5.74, 6) is 1.25. The van der Waals surface area contributed by atoms with Gasteiger partial charge in [-0.3, -0.25) is 0 Å². The SMILES string of the molecule is CNC(C)c1nnc(C)o1. The Morgan fingerprint density at radius 2 is 2.20 bits per heavy atom. The van der Waals surface area contributed by atoms with Gasteiger partial charge in [-0.05, 0) is 14.0 Å². The number of nitrogens with zero attached hydrogens (tertiary/aromatic N) is 2. The third-order valence-electron chi connectivity index (χ3n) is 1.35. The molecule has 0 saturated heterocycles. The van der Waals surface area contributed by atoms with E-state index in [4.69, 9.17) is 4.42 Å². The molecule has 56 valence electrons. The summed E-state index contributed by atoms with van der Waals surface area (Å²) in [5.41, 5.74) is 0. The summed E-state index contributed by atoms with van der Waals surface area (Å²) < 4.78 is 5.15. The first-order valence-electron chi connectivity index (χ1n) is 3.21. The van der Waals surface area contributed by atoms with Gasteiger partial charge < -0.3 is 9.73 Å². The Morgan fingerprint density at radius 1 is 1.50 bits per heavy atom. The lowest BCUT2D eigenvalue weighted by Gasteiger charge is -2.01. The first kappa shape index (κ1) is 7.21. The standard InChI is InChI=1S/C6H11N3O/c1-4(7-3)6-9-8-5(2)10-6/h4,7H,1-3H3. The summed E-state index contributed by atoms with van der Waals surface area (Å²) in [4.78, 5) is 0. The number of rotatable bonds is 2. The normalized spacial score (nSPS) is 13.5. The molecule has 10 heavy (non-hydrogen) atoms. The van der Waals surface area contributed by atoms with Crippen LogP contribution in [0.5, 0.6) is 0 Å². The summed E-state index contributed by atoms with van der Waals surface area (Å²) in [6.07, 6.45) is 0. The van der Waals surface area contributed by atoms with E-state index < -0.39 is 0 Å². The maximum Gasteiger partial charge on any atom is 0.233 e. The fraction of sp³-hybridized carbons (Fsp3) is 0.667. The molecule has 0 aliphatic rings. The molecule has 0 bridgehead atoms. The molecular weight excluding hydrogens is 130 g/mol. The van der Waals surface area contributed by atoms with Gasteiger partial charge in [0.2, 0.25) is 11.8 Å². The number of aryl methyl sites for hydroxylation is 1. The molecule has 1 aromatic heterocycles. The molecule has 1 N–H and O–H groups in total. The second-order valence-electron chi connectivity index (χ2n) is 2.17. The number of nitrogens with one attached hydrogen (secondary N) is 1. The van der Waals surface area contributed by atoms with Crippen LogP contribution < -0.4 is 5.32 Å². The summed E-state index contributed by atoms with van der Waals surface area (Å²) >= 11 is 0. The van der Waals surface area contributed by atoms with Crippen molar-refractivity contribution in [3.05, 3.63) is 11.8 Å². The van der Waals surface area contributed by atoms with Crippen molar-refractivity contribution in [1.29, 1.82) is 0 Å². The molecule has 0 aliphatic carbocycles. The van der Waals surface area contributed by atoms with Crippen molar-refractivity contribution in [2.75, 3.05) is 7.05 Å². The van der Waals surface area contributed by atoms with E-state index in [1.165, 1.54) is 0 Å². The highest BCUT2D eigenvalue weighted by atomic mass is 16.4. The molecule has 1 rings (SSSR count). The van der Waals surface area contributed by atoms with Crippen LogP contribution in [0.2, 0.25) is 0 Å². The molecule has 1 heterocycles. The highest BCUT2D eigenvalue weighted by molar-refractivity contribution is 4.85. The van der Waals surface area contributed by atoms with Gasteiger partial charge in [-0.2, -0.15) is 0 Å². The van der Waals surface area contributed by atoms with Crippen LogP contribution in [0, 0.1) is 6.92 Å². The molecule has 1 atom stereocenters. The average Bonchev–Trinajstić information content (AvgIpc) is 2.34. The molecule has 0 aromatic carbocycles. The van der Waals surface area contributed by atoms with Crippen molar-refractivity contribution in [2.24, 2.45) is 0 Å². The van der Waals surface area contributed by atoms with E-state index in [0.717, 1.165) is 0 Å². The van der Waals surface area contributed by atoms with Crippen LogP contribution in [-0.4, -0.2) is 17.2 Å². The van der Waals surface area contributed by atoms with Crippen LogP contribution >= 0.6 is 0 Å². The Morgan fingerprint density at radius 3 is 2.60 bits per heavy atom. The summed E-state index contributed by atoms with van der Waals surface area (Å²) in [6.45, 7) is 3.74. The van der Waals surface area contributed by atoms with Crippen LogP contribution in [0.15, 0.2) is 4.42 Å². The minimum atomic E-state index is 0.140. The summed E-state index contributed by atoms with van der Waals surface area (Å²) in [6, 6.07) is 0.140. The van der Waals surface area contributed by atoms with Crippen LogP contribution in [-0.2, 0) is 0 Å². The second-order valence-corrected chi connectivity index (χ2v) is 2.17. The zero-order chi connectivity index (χ0) is 7.56. The van der Waals surface area contributed by atoms with E-state index in [9.17, 15) is 0 Å². The monoisotopic (exact) mass is 141 g/mol. The maximum absolute atomic E-state index is 5.15. The smallest absolute Gasteiger partial charge is 0.233 e. The van der Waals surface area contributed by atoms with Gasteiger partial charge in [0, 0.05) is 6.92 Å². The quantitative estimate of drug-likeness (QED) is 0.657. The predicted molar refractivity (Wildman–Crippen MR) is 36.5 cm³/mol. The molecular formula is C6H11N3O. The van der Waals surface area contributed by atoms with Gasteiger partial charge >= 0.3 is 0 Å². The van der Waals surface area contributed by atoms with Gasteiger partial charge in [0.15, 0.2) is 0 Å². The minimum absolute atomic E-state index is 0.140. The van der Waals surface area contributed by atoms with Crippen molar-refractivity contribution >= 4 is 0 Å². The van der Waals surface area contributed by atoms with Crippen molar-refractivity contribution in [2.45, 2.75) is 19.9 Å². The fourth-order valence-electron chi connectivity index (χ4n) is 0.610. The molecule has 0 radical (unpaired) electrons. The van der Waals surface area contributed by atoms with Crippen LogP contribution in [0.3, 0.4) is 0 Å². The molecule has 1 aromatic rings. The third kappa shape index (κ3) is 1.33. The highest BCUT2D eigenvalue weighted by Crippen LogP contribution is 2.07. The molecule has 4 heteroatoms. The number of aromatic nitrogens is 2. The molecule has 0 amide bonds. The zero-order valence-corrected chi connectivity index (χ0v) is 6.38. The van der Waals surface area contributed by atoms with Crippen molar-refractivity contribution in [3.8, 4) is 0 Å². The first-order chi connectivity index (χ1) is 4.74. The van der Waals surface area contributed by atoms with E-state index >= 15 is 0 Å². The van der Waals surface area contributed by atoms with Gasteiger partial charge in [0.25, 0.3) is 0 Å². The van der Waals surface area contributed by atoms with Crippen molar-refractivity contribution in [3.63, 3.8) is 0 Å². The van der Waals surface area contributed by atoms with Gasteiger partial charge in [0.05, 0.1) is 6.04 Å². The predicted octanol–water partition coefficient (Wildman–Crippen LogP) is 0.658. The van der Waals surface area contributed by atoms with Crippen molar-refractivity contribution < 1.29 is 4.42 Å². The maximum atomic E-state index is 5.15. The van der Waals surface area contributed by atoms with Gasteiger partial charge in [-0.25, -0.2) is 0 Å². The van der Waals surface area contributed by atoms with E-state index in [-0.39, 0.29) is 6.04 Å². The molecule has 1 unspecified atom stereocenters. The van der Waals surface area contributed by atoms with Gasteiger partial charge in [-0.15, -0.1) is 10.2 Å². The minimum Gasteiger partial charge on any atom is -0.424 e. The second kappa shape index (κ2) is 2.79. The Bertz CT molecular complexity index is 209. The fourth-order valence-corrected chi connectivity index (χ4v) is 0.610. The number of hydrogen-bond acceptors (Lipinski definition) is 4. The molecule has 0 aliphatic heterocycles. The lowest BCUT2D eigenvalue weighted by Crippen LogP contribution is -2.12. The van der Waals surface area contributed by atoms with Crippen LogP contribution in [0.4, 0.5) is 0 Å². The Kier molecular flexibility index (Phi) is 2.01. The zero-order valence-electron chi connectivity index (χ0n) is 6.38. The van der Waals surface area contributed by atoms with E-state index in [1.54, 1.807) is 6.92 Å². The first-order valence-corrected chi connectivity index (χ1v) is 3.21. The summed E-state index contributed by atoms with van der Waals surface area (Å²) in [5, 5.41) is 10.5. The average molecular weight is 141 g/mol. The summed E-state index contributed by atoms with van der Waals surface area (Å²) in [7, 11) is 1.85. The Hall–Kier alpha value is -0.900. The van der Waals surface area contributed by atoms with Gasteiger partial charge in [-0.1, -0.05) is 0 Å².